The third-order valence-electron chi connectivity index (χ3n) is 5.10. The summed E-state index contributed by atoms with van der Waals surface area (Å²) in [5.74, 6) is 6.54. The molecule has 150 valence electrons. The van der Waals surface area contributed by atoms with Gasteiger partial charge >= 0.3 is 0 Å². The maximum absolute atomic E-state index is 5.46. The van der Waals surface area contributed by atoms with E-state index < -0.39 is 0 Å². The quantitative estimate of drug-likeness (QED) is 0.385. The number of hydrogen-bond acceptors (Lipinski definition) is 6. The van der Waals surface area contributed by atoms with E-state index in [0.717, 1.165) is 30.1 Å². The van der Waals surface area contributed by atoms with E-state index in [1.165, 1.54) is 37.4 Å². The van der Waals surface area contributed by atoms with Gasteiger partial charge in [0.1, 0.15) is 0 Å². The van der Waals surface area contributed by atoms with Gasteiger partial charge in [-0.3, -0.25) is 10.7 Å². The predicted molar refractivity (Wildman–Crippen MR) is 122 cm³/mol. The lowest BCUT2D eigenvalue weighted by Gasteiger charge is -2.33. The third-order valence-corrected chi connectivity index (χ3v) is 6.11. The molecule has 0 atom stereocenters. The molecule has 0 unspecified atom stereocenters. The maximum atomic E-state index is 5.46. The van der Waals surface area contributed by atoms with Crippen LogP contribution in [-0.2, 0) is 6.54 Å². The Labute approximate surface area is 173 Å². The summed E-state index contributed by atoms with van der Waals surface area (Å²) in [6.07, 6.45) is 0. The lowest BCUT2D eigenvalue weighted by atomic mass is 10.1. The Morgan fingerprint density at radius 2 is 1.75 bits per heavy atom. The molecule has 3 N–H and O–H groups in total. The summed E-state index contributed by atoms with van der Waals surface area (Å²) in [4.78, 5) is 4.97. The molecule has 1 aliphatic heterocycles. The number of benzene rings is 2. The van der Waals surface area contributed by atoms with Crippen LogP contribution in [0.25, 0.3) is 5.70 Å². The second kappa shape index (κ2) is 10.5. The molecular formula is C22H31N5S. The molecule has 0 aromatic heterocycles. The highest BCUT2D eigenvalue weighted by Crippen LogP contribution is 2.25. The molecule has 0 amide bonds. The molecule has 1 aliphatic rings. The Balaban J connectivity index is 1.60. The predicted octanol–water partition coefficient (Wildman–Crippen LogP) is 3.02. The molecule has 2 aromatic carbocycles. The van der Waals surface area contributed by atoms with Crippen LogP contribution in [0.1, 0.15) is 11.1 Å². The van der Waals surface area contributed by atoms with Crippen molar-refractivity contribution in [3.05, 3.63) is 72.3 Å². The summed E-state index contributed by atoms with van der Waals surface area (Å²) in [6, 6.07) is 19.0. The number of hydrazine groups is 1. The second-order valence-corrected chi connectivity index (χ2v) is 8.28. The van der Waals surface area contributed by atoms with E-state index in [1.807, 2.05) is 11.9 Å². The van der Waals surface area contributed by atoms with Gasteiger partial charge in [-0.1, -0.05) is 49.0 Å². The number of hydrogen-bond donors (Lipinski definition) is 2. The number of nitrogens with zero attached hydrogens (tertiary/aromatic N) is 3. The van der Waals surface area contributed by atoms with Crippen LogP contribution in [0, 0.1) is 0 Å². The standard InChI is InChI=1S/C22H31N5S/c1-19(24-23)21-10-8-20(9-11-21)18-27(22-6-4-3-5-7-22)28-17-16-26-14-12-25(2)13-15-26/h3-11,24H,1,12-18,23H2,2H3. The fraction of sp³-hybridized carbons (Fsp3) is 0.364. The van der Waals surface area contributed by atoms with Gasteiger partial charge in [0.15, 0.2) is 0 Å². The maximum Gasteiger partial charge on any atom is 0.0546 e. The average Bonchev–Trinajstić information content (AvgIpc) is 2.75. The Morgan fingerprint density at radius 3 is 2.39 bits per heavy atom. The molecule has 0 aliphatic carbocycles. The van der Waals surface area contributed by atoms with Crippen LogP contribution >= 0.6 is 11.9 Å². The summed E-state index contributed by atoms with van der Waals surface area (Å²) in [7, 11) is 2.20. The highest BCUT2D eigenvalue weighted by Gasteiger charge is 2.14. The first-order chi connectivity index (χ1) is 13.7. The summed E-state index contributed by atoms with van der Waals surface area (Å²) in [5, 5.41) is 0. The average molecular weight is 398 g/mol. The highest BCUT2D eigenvalue weighted by molar-refractivity contribution is 8.00. The molecule has 1 heterocycles. The van der Waals surface area contributed by atoms with E-state index in [4.69, 9.17) is 5.84 Å². The number of nitrogens with one attached hydrogen (secondary N) is 1. The van der Waals surface area contributed by atoms with Gasteiger partial charge in [0.05, 0.1) is 6.54 Å². The molecule has 0 saturated carbocycles. The molecule has 0 bridgehead atoms. The van der Waals surface area contributed by atoms with E-state index in [-0.39, 0.29) is 0 Å². The Kier molecular flexibility index (Phi) is 7.80. The number of para-hydroxylation sites is 1. The van der Waals surface area contributed by atoms with Crippen LogP contribution in [0.15, 0.2) is 61.2 Å². The van der Waals surface area contributed by atoms with Crippen molar-refractivity contribution in [2.24, 2.45) is 5.84 Å². The summed E-state index contributed by atoms with van der Waals surface area (Å²) in [6.45, 7) is 10.6. The molecule has 1 saturated heterocycles. The number of rotatable bonds is 9. The topological polar surface area (TPSA) is 47.8 Å². The number of nitrogens with two attached hydrogens (primary N) is 1. The van der Waals surface area contributed by atoms with Crippen LogP contribution < -0.4 is 15.6 Å². The minimum absolute atomic E-state index is 0.730. The van der Waals surface area contributed by atoms with Crippen molar-refractivity contribution in [3.8, 4) is 0 Å². The summed E-state index contributed by atoms with van der Waals surface area (Å²) >= 11 is 1.91. The Bertz CT molecular complexity index is 726. The van der Waals surface area contributed by atoms with Gasteiger partial charge in [0, 0.05) is 49.9 Å². The zero-order valence-electron chi connectivity index (χ0n) is 16.7. The molecule has 1 fully saturated rings. The van der Waals surface area contributed by atoms with E-state index in [9.17, 15) is 0 Å². The van der Waals surface area contributed by atoms with Crippen molar-refractivity contribution < 1.29 is 0 Å². The van der Waals surface area contributed by atoms with Gasteiger partial charge in [-0.25, -0.2) is 0 Å². The van der Waals surface area contributed by atoms with Crippen LogP contribution in [0.4, 0.5) is 5.69 Å². The first kappa shape index (κ1) is 20.7. The van der Waals surface area contributed by atoms with Crippen LogP contribution in [-0.4, -0.2) is 55.3 Å². The smallest absolute Gasteiger partial charge is 0.0546 e. The van der Waals surface area contributed by atoms with E-state index >= 15 is 0 Å². The van der Waals surface area contributed by atoms with Crippen molar-refractivity contribution in [1.82, 2.24) is 15.2 Å². The SMILES string of the molecule is C=C(NN)c1ccc(CN(SCCN2CCN(C)CC2)c2ccccc2)cc1. The summed E-state index contributed by atoms with van der Waals surface area (Å²) < 4.78 is 2.39. The first-order valence-corrected chi connectivity index (χ1v) is 10.7. The van der Waals surface area contributed by atoms with Crippen LogP contribution in [0.3, 0.4) is 0 Å². The minimum atomic E-state index is 0.730. The molecule has 28 heavy (non-hydrogen) atoms. The summed E-state index contributed by atoms with van der Waals surface area (Å²) in [5.41, 5.74) is 6.86. The second-order valence-electron chi connectivity index (χ2n) is 7.17. The van der Waals surface area contributed by atoms with E-state index in [1.54, 1.807) is 0 Å². The van der Waals surface area contributed by atoms with Crippen molar-refractivity contribution >= 4 is 23.3 Å². The zero-order chi connectivity index (χ0) is 19.8. The monoisotopic (exact) mass is 397 g/mol. The van der Waals surface area contributed by atoms with Crippen LogP contribution in [0.2, 0.25) is 0 Å². The van der Waals surface area contributed by atoms with Crippen molar-refractivity contribution in [2.75, 3.05) is 49.8 Å². The first-order valence-electron chi connectivity index (χ1n) is 9.77. The number of piperazine rings is 1. The van der Waals surface area contributed by atoms with E-state index in [2.05, 4.69) is 87.8 Å². The van der Waals surface area contributed by atoms with Crippen LogP contribution in [0.5, 0.6) is 0 Å². The third kappa shape index (κ3) is 6.01. The van der Waals surface area contributed by atoms with Gasteiger partial charge in [-0.05, 0) is 42.3 Å². The molecule has 6 heteroatoms. The molecule has 5 nitrogen and oxygen atoms in total. The molecule has 3 rings (SSSR count). The highest BCUT2D eigenvalue weighted by atomic mass is 32.2. The fourth-order valence-electron chi connectivity index (χ4n) is 3.22. The zero-order valence-corrected chi connectivity index (χ0v) is 17.5. The molecule has 2 aromatic rings. The largest absolute Gasteiger partial charge is 0.324 e. The fourth-order valence-corrected chi connectivity index (χ4v) is 4.29. The Hall–Kier alpha value is -1.99. The van der Waals surface area contributed by atoms with Gasteiger partial charge in [-0.2, -0.15) is 0 Å². The van der Waals surface area contributed by atoms with Crippen molar-refractivity contribution in [3.63, 3.8) is 0 Å². The minimum Gasteiger partial charge on any atom is -0.324 e. The Morgan fingerprint density at radius 1 is 1.07 bits per heavy atom. The van der Waals surface area contributed by atoms with Crippen molar-refractivity contribution in [2.45, 2.75) is 6.54 Å². The molecule has 0 radical (unpaired) electrons. The van der Waals surface area contributed by atoms with Gasteiger partial charge < -0.3 is 14.6 Å². The van der Waals surface area contributed by atoms with Gasteiger partial charge in [0.25, 0.3) is 0 Å². The van der Waals surface area contributed by atoms with E-state index in [0.29, 0.717) is 0 Å². The number of anilines is 1. The lowest BCUT2D eigenvalue weighted by molar-refractivity contribution is 0.161. The van der Waals surface area contributed by atoms with Gasteiger partial charge in [0.2, 0.25) is 0 Å². The van der Waals surface area contributed by atoms with Gasteiger partial charge in [-0.15, -0.1) is 0 Å². The normalized spacial score (nSPS) is 15.4. The molecular weight excluding hydrogens is 366 g/mol. The molecule has 0 spiro atoms. The number of likely N-dealkylation sites (N-methyl/N-ethyl adjacent to an activating group) is 1. The van der Waals surface area contributed by atoms with Crippen molar-refractivity contribution in [1.29, 1.82) is 0 Å². The lowest BCUT2D eigenvalue weighted by Crippen LogP contribution is -2.45.